The smallest absolute Gasteiger partial charge is 0.336 e. The first-order valence-electron chi connectivity index (χ1n) is 6.42. The number of hydrogen-bond donors (Lipinski definition) is 2. The lowest BCUT2D eigenvalue weighted by Gasteiger charge is -2.08. The summed E-state index contributed by atoms with van der Waals surface area (Å²) in [5.41, 5.74) is -2.28. The number of ether oxygens (including phenoxy) is 1. The fraction of sp³-hybridized carbons (Fsp3) is 0. The Balaban J connectivity index is 2.48. The molecule has 128 valence electrons. The monoisotopic (exact) mass is 348 g/mol. The summed E-state index contributed by atoms with van der Waals surface area (Å²) in [6.07, 6.45) is 0. The summed E-state index contributed by atoms with van der Waals surface area (Å²) in [6.45, 7) is 0. The number of rotatable bonds is 6. The first kappa shape index (κ1) is 17.3. The first-order valence-corrected chi connectivity index (χ1v) is 6.42. The molecule has 0 aliphatic carbocycles. The van der Waals surface area contributed by atoms with Crippen LogP contribution >= 0.6 is 0 Å². The average Bonchev–Trinajstić information content (AvgIpc) is 2.54. The SMILES string of the molecule is O=C(O)c1ccc(Oc2ccc([N+](=O)[O-])cc2[N+](=O)[O-])cc1C(=O)O. The number of carboxylic acid groups (broad SMARTS) is 2. The van der Waals surface area contributed by atoms with Crippen LogP contribution in [-0.2, 0) is 0 Å². The number of carboxylic acids is 2. The van der Waals surface area contributed by atoms with Gasteiger partial charge in [-0.3, -0.25) is 20.2 Å². The Labute approximate surface area is 138 Å². The Hall–Kier alpha value is -4.02. The van der Waals surface area contributed by atoms with E-state index in [1.54, 1.807) is 0 Å². The van der Waals surface area contributed by atoms with Crippen molar-refractivity contribution in [1.82, 2.24) is 0 Å². The van der Waals surface area contributed by atoms with Crippen molar-refractivity contribution in [1.29, 1.82) is 0 Å². The van der Waals surface area contributed by atoms with Crippen molar-refractivity contribution in [2.24, 2.45) is 0 Å². The average molecular weight is 348 g/mol. The van der Waals surface area contributed by atoms with Crippen LogP contribution in [0.25, 0.3) is 0 Å². The third-order valence-electron chi connectivity index (χ3n) is 3.03. The van der Waals surface area contributed by atoms with Gasteiger partial charge in [0, 0.05) is 6.07 Å². The quantitative estimate of drug-likeness (QED) is 0.588. The Morgan fingerprint density at radius 2 is 1.52 bits per heavy atom. The molecule has 11 nitrogen and oxygen atoms in total. The maximum Gasteiger partial charge on any atom is 0.336 e. The molecule has 0 bridgehead atoms. The van der Waals surface area contributed by atoms with Crippen molar-refractivity contribution >= 4 is 23.3 Å². The summed E-state index contributed by atoms with van der Waals surface area (Å²) in [4.78, 5) is 42.1. The summed E-state index contributed by atoms with van der Waals surface area (Å²) in [7, 11) is 0. The lowest BCUT2D eigenvalue weighted by Crippen LogP contribution is -2.08. The van der Waals surface area contributed by atoms with Gasteiger partial charge in [0.1, 0.15) is 5.75 Å². The molecular formula is C14H8N2O9. The van der Waals surface area contributed by atoms with E-state index in [-0.39, 0.29) is 11.5 Å². The molecule has 0 spiro atoms. The highest BCUT2D eigenvalue weighted by Gasteiger charge is 2.22. The third kappa shape index (κ3) is 3.67. The fourth-order valence-electron chi connectivity index (χ4n) is 1.93. The van der Waals surface area contributed by atoms with Gasteiger partial charge in [-0.15, -0.1) is 0 Å². The second kappa shape index (κ2) is 6.62. The van der Waals surface area contributed by atoms with Gasteiger partial charge in [0.2, 0.25) is 5.75 Å². The van der Waals surface area contributed by atoms with Gasteiger partial charge in [0.15, 0.2) is 0 Å². The van der Waals surface area contributed by atoms with Crippen LogP contribution in [0.4, 0.5) is 11.4 Å². The number of non-ortho nitro benzene ring substituents is 1. The Bertz CT molecular complexity index is 907. The molecule has 2 rings (SSSR count). The molecule has 2 aromatic carbocycles. The van der Waals surface area contributed by atoms with Crippen LogP contribution in [0.3, 0.4) is 0 Å². The molecular weight excluding hydrogens is 340 g/mol. The summed E-state index contributed by atoms with van der Waals surface area (Å²) in [5.74, 6) is -3.54. The van der Waals surface area contributed by atoms with E-state index in [0.717, 1.165) is 30.3 Å². The Kier molecular flexibility index (Phi) is 4.59. The fourth-order valence-corrected chi connectivity index (χ4v) is 1.93. The zero-order valence-electron chi connectivity index (χ0n) is 12.1. The maximum atomic E-state index is 11.1. The second-order valence-corrected chi connectivity index (χ2v) is 4.59. The van der Waals surface area contributed by atoms with Crippen LogP contribution in [-0.4, -0.2) is 32.0 Å². The maximum absolute atomic E-state index is 11.1. The van der Waals surface area contributed by atoms with Crippen molar-refractivity contribution < 1.29 is 34.4 Å². The number of nitro groups is 2. The standard InChI is InChI=1S/C14H8N2O9/c17-13(18)9-3-2-8(6-10(9)14(19)20)25-12-4-1-7(15(21)22)5-11(12)16(23)24/h1-6H,(H,17,18)(H,19,20). The molecule has 0 atom stereocenters. The van der Waals surface area contributed by atoms with Crippen molar-refractivity contribution in [3.63, 3.8) is 0 Å². The predicted octanol–water partition coefficient (Wildman–Crippen LogP) is 2.69. The molecule has 25 heavy (non-hydrogen) atoms. The van der Waals surface area contributed by atoms with E-state index in [1.807, 2.05) is 0 Å². The largest absolute Gasteiger partial charge is 0.478 e. The summed E-state index contributed by atoms with van der Waals surface area (Å²) in [5, 5.41) is 39.7. The number of hydrogen-bond acceptors (Lipinski definition) is 7. The van der Waals surface area contributed by atoms with Gasteiger partial charge in [0.25, 0.3) is 5.69 Å². The molecule has 2 aromatic rings. The molecule has 0 amide bonds. The molecule has 0 aliphatic rings. The van der Waals surface area contributed by atoms with Crippen LogP contribution in [0.15, 0.2) is 36.4 Å². The highest BCUT2D eigenvalue weighted by atomic mass is 16.6. The number of nitrogens with zero attached hydrogens (tertiary/aromatic N) is 2. The molecule has 0 aliphatic heterocycles. The molecule has 0 unspecified atom stereocenters. The van der Waals surface area contributed by atoms with E-state index in [2.05, 4.69) is 0 Å². The molecule has 0 radical (unpaired) electrons. The lowest BCUT2D eigenvalue weighted by atomic mass is 10.1. The van der Waals surface area contributed by atoms with E-state index in [0.29, 0.717) is 6.07 Å². The highest BCUT2D eigenvalue weighted by Crippen LogP contribution is 2.34. The van der Waals surface area contributed by atoms with Gasteiger partial charge < -0.3 is 14.9 Å². The highest BCUT2D eigenvalue weighted by molar-refractivity contribution is 6.02. The minimum absolute atomic E-state index is 0.181. The van der Waals surface area contributed by atoms with E-state index in [1.165, 1.54) is 0 Å². The predicted molar refractivity (Wildman–Crippen MR) is 80.2 cm³/mol. The van der Waals surface area contributed by atoms with Gasteiger partial charge in [-0.25, -0.2) is 9.59 Å². The van der Waals surface area contributed by atoms with Gasteiger partial charge in [-0.1, -0.05) is 0 Å². The summed E-state index contributed by atoms with van der Waals surface area (Å²) < 4.78 is 5.21. The van der Waals surface area contributed by atoms with Crippen LogP contribution in [0.5, 0.6) is 11.5 Å². The molecule has 2 N–H and O–H groups in total. The number of benzene rings is 2. The van der Waals surface area contributed by atoms with Crippen LogP contribution in [0.2, 0.25) is 0 Å². The van der Waals surface area contributed by atoms with Crippen LogP contribution < -0.4 is 4.74 Å². The number of aromatic carboxylic acids is 2. The number of carbonyl (C=O) groups is 2. The Morgan fingerprint density at radius 3 is 2.04 bits per heavy atom. The van der Waals surface area contributed by atoms with Crippen molar-refractivity contribution in [3.05, 3.63) is 67.8 Å². The summed E-state index contributed by atoms with van der Waals surface area (Å²) >= 11 is 0. The topological polar surface area (TPSA) is 170 Å². The zero-order valence-corrected chi connectivity index (χ0v) is 12.1. The van der Waals surface area contributed by atoms with Gasteiger partial charge >= 0.3 is 17.6 Å². The van der Waals surface area contributed by atoms with Gasteiger partial charge in [-0.05, 0) is 24.3 Å². The van der Waals surface area contributed by atoms with Gasteiger partial charge in [-0.2, -0.15) is 0 Å². The minimum atomic E-state index is -1.53. The third-order valence-corrected chi connectivity index (χ3v) is 3.03. The lowest BCUT2D eigenvalue weighted by molar-refractivity contribution is -0.394. The van der Waals surface area contributed by atoms with E-state index >= 15 is 0 Å². The Morgan fingerprint density at radius 1 is 0.880 bits per heavy atom. The first-order chi connectivity index (χ1) is 11.7. The second-order valence-electron chi connectivity index (χ2n) is 4.59. The van der Waals surface area contributed by atoms with E-state index in [9.17, 15) is 29.8 Å². The molecule has 0 heterocycles. The normalized spacial score (nSPS) is 10.1. The van der Waals surface area contributed by atoms with Crippen LogP contribution in [0.1, 0.15) is 20.7 Å². The molecule has 0 fully saturated rings. The van der Waals surface area contributed by atoms with E-state index < -0.39 is 44.3 Å². The summed E-state index contributed by atoms with van der Waals surface area (Å²) in [6, 6.07) is 5.63. The minimum Gasteiger partial charge on any atom is -0.478 e. The molecule has 0 aromatic heterocycles. The van der Waals surface area contributed by atoms with Crippen molar-refractivity contribution in [3.8, 4) is 11.5 Å². The van der Waals surface area contributed by atoms with Crippen LogP contribution in [0, 0.1) is 20.2 Å². The van der Waals surface area contributed by atoms with E-state index in [4.69, 9.17) is 14.9 Å². The number of nitro benzene ring substituents is 2. The van der Waals surface area contributed by atoms with Gasteiger partial charge in [0.05, 0.1) is 27.0 Å². The molecule has 0 saturated carbocycles. The van der Waals surface area contributed by atoms with Crippen molar-refractivity contribution in [2.45, 2.75) is 0 Å². The molecule has 0 saturated heterocycles. The van der Waals surface area contributed by atoms with Crippen molar-refractivity contribution in [2.75, 3.05) is 0 Å². The zero-order chi connectivity index (χ0) is 18.7. The molecule has 11 heteroatoms.